The zero-order valence-electron chi connectivity index (χ0n) is 19.2. The highest BCUT2D eigenvalue weighted by atomic mass is 127. The predicted molar refractivity (Wildman–Crippen MR) is 132 cm³/mol. The molecule has 182 valence electrons. The number of alkyl halides is 3. The lowest BCUT2D eigenvalue weighted by Gasteiger charge is -2.19. The van der Waals surface area contributed by atoms with Crippen LogP contribution in [0.5, 0.6) is 0 Å². The van der Waals surface area contributed by atoms with Gasteiger partial charge in [-0.1, -0.05) is 32.9 Å². The summed E-state index contributed by atoms with van der Waals surface area (Å²) in [6.45, 7) is 11.5. The predicted octanol–water partition coefficient (Wildman–Crippen LogP) is 3.62. The number of halogens is 4. The molecule has 6 nitrogen and oxygen atoms in total. The number of likely N-dealkylation sites (tertiary alicyclic amines) is 1. The molecule has 1 aliphatic rings. The Kier molecular flexibility index (Phi) is 11.2. The summed E-state index contributed by atoms with van der Waals surface area (Å²) in [7, 11) is 0. The Morgan fingerprint density at radius 3 is 2.38 bits per heavy atom. The van der Waals surface area contributed by atoms with Gasteiger partial charge >= 0.3 is 6.18 Å². The van der Waals surface area contributed by atoms with E-state index in [0.29, 0.717) is 25.6 Å². The summed E-state index contributed by atoms with van der Waals surface area (Å²) in [6.07, 6.45) is -3.38. The molecule has 1 aromatic carbocycles. The molecule has 1 heterocycles. The maximum atomic E-state index is 12.7. The number of nitrogens with zero attached hydrogens (tertiary/aromatic N) is 2. The van der Waals surface area contributed by atoms with Crippen molar-refractivity contribution < 1.29 is 18.0 Å². The third-order valence-electron chi connectivity index (χ3n) is 4.99. The molecule has 1 amide bonds. The molecule has 3 N–H and O–H groups in total. The highest BCUT2D eigenvalue weighted by Gasteiger charge is 2.30. The molecule has 32 heavy (non-hydrogen) atoms. The minimum atomic E-state index is -4.31. The van der Waals surface area contributed by atoms with Crippen molar-refractivity contribution in [2.24, 2.45) is 10.4 Å². The second-order valence-electron chi connectivity index (χ2n) is 8.83. The molecule has 1 atom stereocenters. The first kappa shape index (κ1) is 28.5. The van der Waals surface area contributed by atoms with E-state index in [2.05, 4.69) is 25.8 Å². The molecule has 0 spiro atoms. The van der Waals surface area contributed by atoms with Crippen molar-refractivity contribution in [2.75, 3.05) is 32.7 Å². The number of rotatable bonds is 7. The lowest BCUT2D eigenvalue weighted by molar-refractivity contribution is -0.137. The van der Waals surface area contributed by atoms with E-state index in [1.165, 1.54) is 0 Å². The van der Waals surface area contributed by atoms with Crippen LogP contribution in [0.3, 0.4) is 0 Å². The fourth-order valence-corrected chi connectivity index (χ4v) is 3.27. The first-order valence-electron chi connectivity index (χ1n) is 10.7. The van der Waals surface area contributed by atoms with Crippen molar-refractivity contribution in [1.82, 2.24) is 20.9 Å². The summed E-state index contributed by atoms with van der Waals surface area (Å²) in [5.74, 6) is 0.698. The van der Waals surface area contributed by atoms with Crippen molar-refractivity contribution in [2.45, 2.75) is 52.9 Å². The zero-order chi connectivity index (χ0) is 23.1. The van der Waals surface area contributed by atoms with Gasteiger partial charge in [0.1, 0.15) is 0 Å². The summed E-state index contributed by atoms with van der Waals surface area (Å²) in [4.78, 5) is 18.7. The van der Waals surface area contributed by atoms with E-state index in [4.69, 9.17) is 0 Å². The van der Waals surface area contributed by atoms with Gasteiger partial charge in [-0.15, -0.1) is 24.0 Å². The third kappa shape index (κ3) is 9.51. The summed E-state index contributed by atoms with van der Waals surface area (Å²) in [6, 6.07) is 5.56. The van der Waals surface area contributed by atoms with Gasteiger partial charge in [-0.25, -0.2) is 0 Å². The topological polar surface area (TPSA) is 68.8 Å². The molecule has 10 heteroatoms. The van der Waals surface area contributed by atoms with Gasteiger partial charge in [0, 0.05) is 44.2 Å². The van der Waals surface area contributed by atoms with Crippen LogP contribution in [0.1, 0.15) is 45.2 Å². The van der Waals surface area contributed by atoms with Crippen LogP contribution in [0.15, 0.2) is 29.3 Å². The monoisotopic (exact) mass is 569 g/mol. The van der Waals surface area contributed by atoms with E-state index in [9.17, 15) is 18.0 Å². The van der Waals surface area contributed by atoms with Crippen molar-refractivity contribution in [3.8, 4) is 0 Å². The molecule has 0 aliphatic carbocycles. The van der Waals surface area contributed by atoms with Crippen molar-refractivity contribution in [3.63, 3.8) is 0 Å². The summed E-state index contributed by atoms with van der Waals surface area (Å²) in [5.41, 5.74) is -0.182. The van der Waals surface area contributed by atoms with Gasteiger partial charge in [0.2, 0.25) is 5.91 Å². The van der Waals surface area contributed by atoms with Crippen LogP contribution < -0.4 is 16.0 Å². The average Bonchev–Trinajstić information content (AvgIpc) is 3.10. The van der Waals surface area contributed by atoms with E-state index < -0.39 is 17.2 Å². The molecule has 1 aromatic rings. The molecule has 0 bridgehead atoms. The average molecular weight is 569 g/mol. The second-order valence-corrected chi connectivity index (χ2v) is 8.83. The number of carbonyl (C=O) groups is 1. The second kappa shape index (κ2) is 12.6. The van der Waals surface area contributed by atoms with E-state index in [0.717, 1.165) is 43.8 Å². The van der Waals surface area contributed by atoms with Gasteiger partial charge < -0.3 is 16.0 Å². The number of nitrogens with one attached hydrogen (secondary N) is 3. The number of guanidine groups is 1. The summed E-state index contributed by atoms with van der Waals surface area (Å²) in [5, 5.41) is 9.51. The van der Waals surface area contributed by atoms with Crippen LogP contribution in [0.4, 0.5) is 13.2 Å². The zero-order valence-corrected chi connectivity index (χ0v) is 21.5. The highest BCUT2D eigenvalue weighted by molar-refractivity contribution is 14.0. The molecule has 2 rings (SSSR count). The van der Waals surface area contributed by atoms with E-state index in [1.54, 1.807) is 12.1 Å². The molecule has 0 saturated carbocycles. The van der Waals surface area contributed by atoms with Crippen LogP contribution in [-0.2, 0) is 17.5 Å². The minimum absolute atomic E-state index is 0. The molecule has 0 aromatic heterocycles. The number of amides is 1. The van der Waals surface area contributed by atoms with Gasteiger partial charge in [0.25, 0.3) is 0 Å². The highest BCUT2D eigenvalue weighted by Crippen LogP contribution is 2.29. The Hall–Kier alpha value is -1.56. The number of benzene rings is 1. The lowest BCUT2D eigenvalue weighted by atomic mass is 9.96. The van der Waals surface area contributed by atoms with Gasteiger partial charge in [0.15, 0.2) is 5.96 Å². The van der Waals surface area contributed by atoms with Gasteiger partial charge in [-0.05, 0) is 31.0 Å². The van der Waals surface area contributed by atoms with Crippen molar-refractivity contribution in [3.05, 3.63) is 35.4 Å². The molecule has 0 radical (unpaired) electrons. The number of carbonyl (C=O) groups excluding carboxylic acids is 1. The first-order valence-corrected chi connectivity index (χ1v) is 10.7. The van der Waals surface area contributed by atoms with E-state index in [-0.39, 0.29) is 35.9 Å². The maximum absolute atomic E-state index is 12.7. The quantitative estimate of drug-likeness (QED) is 0.203. The minimum Gasteiger partial charge on any atom is -0.357 e. The van der Waals surface area contributed by atoms with Crippen LogP contribution in [0, 0.1) is 5.41 Å². The molecule has 1 aliphatic heterocycles. The normalized spacial score (nSPS) is 17.6. The number of hydrogen-bond acceptors (Lipinski definition) is 3. The largest absolute Gasteiger partial charge is 0.416 e. The van der Waals surface area contributed by atoms with Crippen molar-refractivity contribution >= 4 is 35.8 Å². The van der Waals surface area contributed by atoms with Gasteiger partial charge in [0.05, 0.1) is 12.1 Å². The maximum Gasteiger partial charge on any atom is 0.416 e. The molecule has 1 saturated heterocycles. The molecule has 1 fully saturated rings. The fraction of sp³-hybridized carbons (Fsp3) is 0.636. The Labute approximate surface area is 205 Å². The molecule has 1 unspecified atom stereocenters. The molecular weight excluding hydrogens is 534 g/mol. The molecular formula is C22H35F3IN5O. The van der Waals surface area contributed by atoms with E-state index >= 15 is 0 Å². The first-order chi connectivity index (χ1) is 14.5. The SMILES string of the molecule is CCNC(=NCCNC(=O)C(C)(C)C)NC1CCN(Cc2ccc(C(F)(F)F)cc2)C1.I. The third-order valence-corrected chi connectivity index (χ3v) is 4.99. The van der Waals surface area contributed by atoms with E-state index in [1.807, 2.05) is 27.7 Å². The van der Waals surface area contributed by atoms with Gasteiger partial charge in [-0.3, -0.25) is 14.7 Å². The van der Waals surface area contributed by atoms with Crippen LogP contribution in [0.2, 0.25) is 0 Å². The smallest absolute Gasteiger partial charge is 0.357 e. The fourth-order valence-electron chi connectivity index (χ4n) is 3.27. The number of aliphatic imine (C=N–C) groups is 1. The van der Waals surface area contributed by atoms with Crippen molar-refractivity contribution in [1.29, 1.82) is 0 Å². The van der Waals surface area contributed by atoms with Crippen LogP contribution in [-0.4, -0.2) is 55.5 Å². The van der Waals surface area contributed by atoms with Crippen LogP contribution in [0.25, 0.3) is 0 Å². The Balaban J connectivity index is 0.00000512. The van der Waals surface area contributed by atoms with Gasteiger partial charge in [-0.2, -0.15) is 13.2 Å². The number of hydrogen-bond donors (Lipinski definition) is 3. The Bertz CT molecular complexity index is 747. The summed E-state index contributed by atoms with van der Waals surface area (Å²) < 4.78 is 38.1. The standard InChI is InChI=1S/C22H34F3N5O.HI/c1-5-26-20(28-12-11-27-19(31)21(2,3)4)29-18-10-13-30(15-18)14-16-6-8-17(9-7-16)22(23,24)25;/h6-9,18H,5,10-15H2,1-4H3,(H,27,31)(H2,26,28,29);1H. The van der Waals surface area contributed by atoms with Crippen LogP contribution >= 0.6 is 24.0 Å². The summed E-state index contributed by atoms with van der Waals surface area (Å²) >= 11 is 0. The Morgan fingerprint density at radius 1 is 1.16 bits per heavy atom. The lowest BCUT2D eigenvalue weighted by Crippen LogP contribution is -2.45. The Morgan fingerprint density at radius 2 is 1.81 bits per heavy atom.